The summed E-state index contributed by atoms with van der Waals surface area (Å²) in [7, 11) is 0. The molecule has 0 atom stereocenters. The molecule has 2 rings (SSSR count). The second-order valence-corrected chi connectivity index (χ2v) is 6.92. The maximum Gasteiger partial charge on any atom is 0.243 e. The minimum atomic E-state index is -0.587. The summed E-state index contributed by atoms with van der Waals surface area (Å²) < 4.78 is -0.587. The van der Waals surface area contributed by atoms with E-state index in [1.54, 1.807) is 17.0 Å². The van der Waals surface area contributed by atoms with Crippen LogP contribution in [-0.2, 0) is 4.79 Å². The van der Waals surface area contributed by atoms with Crippen LogP contribution >= 0.6 is 11.8 Å². The summed E-state index contributed by atoms with van der Waals surface area (Å²) in [6, 6.07) is 5.40. The van der Waals surface area contributed by atoms with Crippen molar-refractivity contribution < 1.29 is 14.7 Å². The van der Waals surface area contributed by atoms with E-state index < -0.39 is 4.75 Å². The van der Waals surface area contributed by atoms with Crippen molar-refractivity contribution >= 4 is 29.1 Å². The smallest absolute Gasteiger partial charge is 0.243 e. The van der Waals surface area contributed by atoms with E-state index in [0.717, 1.165) is 10.6 Å². The number of hydrogen-bond acceptors (Lipinski definition) is 4. The number of benzene rings is 1. The normalized spacial score (nSPS) is 17.0. The summed E-state index contributed by atoms with van der Waals surface area (Å²) in [5, 5.41) is 9.16. The standard InChI is InChI=1S/C15H19NO3S/c1-4-12(18)10-5-6-11-13(9-10)20-15(2,3)14(19)16(11)7-8-17/h5-6,9,17H,4,7-8H2,1-3H3. The molecule has 0 aromatic heterocycles. The molecule has 0 saturated carbocycles. The predicted molar refractivity (Wildman–Crippen MR) is 80.4 cm³/mol. The van der Waals surface area contributed by atoms with Crippen molar-refractivity contribution in [2.75, 3.05) is 18.1 Å². The first-order valence-electron chi connectivity index (χ1n) is 6.69. The molecule has 1 amide bonds. The van der Waals surface area contributed by atoms with E-state index in [2.05, 4.69) is 0 Å². The number of aliphatic hydroxyl groups is 1. The number of nitrogens with zero attached hydrogens (tertiary/aromatic N) is 1. The molecule has 1 aliphatic rings. The highest BCUT2D eigenvalue weighted by Crippen LogP contribution is 2.45. The third kappa shape index (κ3) is 2.60. The Bertz CT molecular complexity index is 554. The molecule has 108 valence electrons. The number of fused-ring (bicyclic) bond motifs is 1. The van der Waals surface area contributed by atoms with Gasteiger partial charge in [-0.05, 0) is 32.0 Å². The highest BCUT2D eigenvalue weighted by Gasteiger charge is 2.39. The van der Waals surface area contributed by atoms with Crippen molar-refractivity contribution in [1.82, 2.24) is 0 Å². The first-order chi connectivity index (χ1) is 9.40. The minimum Gasteiger partial charge on any atom is -0.395 e. The van der Waals surface area contributed by atoms with Gasteiger partial charge in [0.25, 0.3) is 0 Å². The molecule has 0 unspecified atom stereocenters. The van der Waals surface area contributed by atoms with Crippen LogP contribution < -0.4 is 4.90 Å². The number of Topliss-reactive ketones (excluding diaryl/α,β-unsaturated/α-hetero) is 1. The fourth-order valence-corrected chi connectivity index (χ4v) is 3.49. The minimum absolute atomic E-state index is 0.0152. The van der Waals surface area contributed by atoms with Crippen LogP contribution in [0.2, 0.25) is 0 Å². The number of carbonyl (C=O) groups excluding carboxylic acids is 2. The van der Waals surface area contributed by atoms with Gasteiger partial charge in [-0.25, -0.2) is 0 Å². The number of hydrogen-bond donors (Lipinski definition) is 1. The van der Waals surface area contributed by atoms with Gasteiger partial charge >= 0.3 is 0 Å². The maximum absolute atomic E-state index is 12.4. The molecule has 1 heterocycles. The van der Waals surface area contributed by atoms with Crippen LogP contribution in [0, 0.1) is 0 Å². The summed E-state index contributed by atoms with van der Waals surface area (Å²) in [4.78, 5) is 26.7. The Hall–Kier alpha value is -1.33. The lowest BCUT2D eigenvalue weighted by molar-refractivity contribution is -0.120. The number of aliphatic hydroxyl groups excluding tert-OH is 1. The van der Waals surface area contributed by atoms with Gasteiger partial charge in [0.2, 0.25) is 5.91 Å². The highest BCUT2D eigenvalue weighted by atomic mass is 32.2. The van der Waals surface area contributed by atoms with Crippen LogP contribution in [0.4, 0.5) is 5.69 Å². The van der Waals surface area contributed by atoms with E-state index in [-0.39, 0.29) is 24.8 Å². The van der Waals surface area contributed by atoms with Crippen LogP contribution in [-0.4, -0.2) is 34.7 Å². The van der Waals surface area contributed by atoms with Gasteiger partial charge < -0.3 is 10.0 Å². The van der Waals surface area contributed by atoms with E-state index in [9.17, 15) is 9.59 Å². The number of amides is 1. The zero-order valence-electron chi connectivity index (χ0n) is 12.0. The Morgan fingerprint density at radius 2 is 2.10 bits per heavy atom. The molecule has 20 heavy (non-hydrogen) atoms. The second kappa shape index (κ2) is 5.58. The van der Waals surface area contributed by atoms with Crippen LogP contribution in [0.1, 0.15) is 37.6 Å². The Kier molecular flexibility index (Phi) is 4.20. The van der Waals surface area contributed by atoms with Gasteiger partial charge in [0.1, 0.15) is 0 Å². The Labute approximate surface area is 123 Å². The van der Waals surface area contributed by atoms with Gasteiger partial charge in [0.15, 0.2) is 5.78 Å². The molecule has 0 saturated heterocycles. The second-order valence-electron chi connectivity index (χ2n) is 5.25. The first kappa shape index (κ1) is 15.1. The van der Waals surface area contributed by atoms with Crippen molar-refractivity contribution in [3.63, 3.8) is 0 Å². The Morgan fingerprint density at radius 3 is 2.70 bits per heavy atom. The molecular formula is C15H19NO3S. The third-order valence-electron chi connectivity index (χ3n) is 3.34. The quantitative estimate of drug-likeness (QED) is 0.867. The van der Waals surface area contributed by atoms with Crippen molar-refractivity contribution in [2.45, 2.75) is 36.8 Å². The number of carbonyl (C=O) groups is 2. The maximum atomic E-state index is 12.4. The molecule has 1 aromatic carbocycles. The summed E-state index contributed by atoms with van der Waals surface area (Å²) in [5.74, 6) is 0.0791. The fourth-order valence-electron chi connectivity index (χ4n) is 2.27. The van der Waals surface area contributed by atoms with Gasteiger partial charge in [-0.3, -0.25) is 9.59 Å². The average molecular weight is 293 g/mol. The number of anilines is 1. The highest BCUT2D eigenvalue weighted by molar-refractivity contribution is 8.01. The zero-order valence-corrected chi connectivity index (χ0v) is 12.8. The van der Waals surface area contributed by atoms with Gasteiger partial charge in [0, 0.05) is 23.4 Å². The monoisotopic (exact) mass is 293 g/mol. The van der Waals surface area contributed by atoms with E-state index in [4.69, 9.17) is 5.11 Å². The largest absolute Gasteiger partial charge is 0.395 e. The van der Waals surface area contributed by atoms with Gasteiger partial charge in [-0.2, -0.15) is 0 Å². The molecule has 1 N–H and O–H groups in total. The zero-order chi connectivity index (χ0) is 14.9. The summed E-state index contributed by atoms with van der Waals surface area (Å²) in [5.41, 5.74) is 1.45. The lowest BCUT2D eigenvalue weighted by atomic mass is 10.1. The summed E-state index contributed by atoms with van der Waals surface area (Å²) in [6.07, 6.45) is 0.464. The van der Waals surface area contributed by atoms with Crippen LogP contribution in [0.15, 0.2) is 23.1 Å². The molecular weight excluding hydrogens is 274 g/mol. The van der Waals surface area contributed by atoms with Crippen molar-refractivity contribution in [3.8, 4) is 0 Å². The van der Waals surface area contributed by atoms with E-state index >= 15 is 0 Å². The Morgan fingerprint density at radius 1 is 1.40 bits per heavy atom. The van der Waals surface area contributed by atoms with Gasteiger partial charge in [-0.1, -0.05) is 6.92 Å². The van der Waals surface area contributed by atoms with E-state index in [1.807, 2.05) is 26.8 Å². The van der Waals surface area contributed by atoms with Crippen LogP contribution in [0.3, 0.4) is 0 Å². The molecule has 1 aliphatic heterocycles. The van der Waals surface area contributed by atoms with Crippen molar-refractivity contribution in [1.29, 1.82) is 0 Å². The van der Waals surface area contributed by atoms with Crippen molar-refractivity contribution in [3.05, 3.63) is 23.8 Å². The third-order valence-corrected chi connectivity index (χ3v) is 4.57. The number of rotatable bonds is 4. The fraction of sp³-hybridized carbons (Fsp3) is 0.467. The molecule has 4 nitrogen and oxygen atoms in total. The lowest BCUT2D eigenvalue weighted by Gasteiger charge is -2.37. The van der Waals surface area contributed by atoms with Crippen molar-refractivity contribution in [2.24, 2.45) is 0 Å². The number of thioether (sulfide) groups is 1. The first-order valence-corrected chi connectivity index (χ1v) is 7.51. The molecule has 0 radical (unpaired) electrons. The predicted octanol–water partition coefficient (Wildman–Crippen LogP) is 2.49. The molecule has 1 aromatic rings. The molecule has 0 bridgehead atoms. The molecule has 5 heteroatoms. The van der Waals surface area contributed by atoms with E-state index in [1.165, 1.54) is 11.8 Å². The molecule has 0 fully saturated rings. The Balaban J connectivity index is 2.48. The SMILES string of the molecule is CCC(=O)c1ccc2c(c1)SC(C)(C)C(=O)N2CCO. The summed E-state index contributed by atoms with van der Waals surface area (Å²) in [6.45, 7) is 5.75. The average Bonchev–Trinajstić information content (AvgIpc) is 2.42. The van der Waals surface area contributed by atoms with E-state index in [0.29, 0.717) is 12.0 Å². The summed E-state index contributed by atoms with van der Waals surface area (Å²) >= 11 is 1.47. The van der Waals surface area contributed by atoms with Gasteiger partial charge in [-0.15, -0.1) is 11.8 Å². The van der Waals surface area contributed by atoms with Gasteiger partial charge in [0.05, 0.1) is 17.0 Å². The number of ketones is 1. The van der Waals surface area contributed by atoms with Crippen LogP contribution in [0.25, 0.3) is 0 Å². The topological polar surface area (TPSA) is 57.6 Å². The lowest BCUT2D eigenvalue weighted by Crippen LogP contribution is -2.47. The molecule has 0 spiro atoms. The molecule has 0 aliphatic carbocycles. The van der Waals surface area contributed by atoms with Crippen LogP contribution in [0.5, 0.6) is 0 Å². The number of β-amino-alcohol motifs (C(OH)–C–C–N with tert-alkyl or cyclic N) is 1.